The SMILES string of the molecule is O=C(CCC(=O)N1CSC[C@H]1C(=O)O)c1ccccc1. The predicted molar refractivity (Wildman–Crippen MR) is 75.6 cm³/mol. The van der Waals surface area contributed by atoms with Crippen molar-refractivity contribution >= 4 is 29.4 Å². The lowest BCUT2D eigenvalue weighted by Crippen LogP contribution is -2.41. The van der Waals surface area contributed by atoms with E-state index >= 15 is 0 Å². The van der Waals surface area contributed by atoms with Gasteiger partial charge in [0.2, 0.25) is 5.91 Å². The molecule has 1 N–H and O–H groups in total. The molecule has 1 fully saturated rings. The molecule has 0 radical (unpaired) electrons. The molecular weight excluding hydrogens is 278 g/mol. The summed E-state index contributed by atoms with van der Waals surface area (Å²) >= 11 is 1.42. The van der Waals surface area contributed by atoms with Gasteiger partial charge in [0.25, 0.3) is 0 Å². The molecule has 1 aromatic rings. The van der Waals surface area contributed by atoms with Crippen LogP contribution in [0.5, 0.6) is 0 Å². The average Bonchev–Trinajstić information content (AvgIpc) is 2.95. The molecule has 0 spiro atoms. The van der Waals surface area contributed by atoms with E-state index in [1.807, 2.05) is 6.07 Å². The van der Waals surface area contributed by atoms with Crippen LogP contribution in [0.15, 0.2) is 30.3 Å². The zero-order valence-corrected chi connectivity index (χ0v) is 11.6. The fourth-order valence-electron chi connectivity index (χ4n) is 2.03. The molecule has 1 aliphatic rings. The van der Waals surface area contributed by atoms with Crippen LogP contribution in [0.25, 0.3) is 0 Å². The summed E-state index contributed by atoms with van der Waals surface area (Å²) in [6, 6.07) is 8.01. The summed E-state index contributed by atoms with van der Waals surface area (Å²) in [6.07, 6.45) is 0.161. The second-order valence-electron chi connectivity index (χ2n) is 4.51. The van der Waals surface area contributed by atoms with Gasteiger partial charge < -0.3 is 10.0 Å². The largest absolute Gasteiger partial charge is 0.480 e. The number of hydrogen-bond acceptors (Lipinski definition) is 4. The Kier molecular flexibility index (Phi) is 4.79. The molecular formula is C14H15NO4S. The number of carboxylic acids is 1. The van der Waals surface area contributed by atoms with E-state index in [1.165, 1.54) is 16.7 Å². The fourth-order valence-corrected chi connectivity index (χ4v) is 3.20. The summed E-state index contributed by atoms with van der Waals surface area (Å²) < 4.78 is 0. The van der Waals surface area contributed by atoms with E-state index in [1.54, 1.807) is 24.3 Å². The van der Waals surface area contributed by atoms with E-state index in [9.17, 15) is 14.4 Å². The highest BCUT2D eigenvalue weighted by Gasteiger charge is 2.34. The number of amides is 1. The van der Waals surface area contributed by atoms with Crippen LogP contribution < -0.4 is 0 Å². The van der Waals surface area contributed by atoms with E-state index in [0.29, 0.717) is 17.2 Å². The van der Waals surface area contributed by atoms with Gasteiger partial charge in [-0.15, -0.1) is 11.8 Å². The third kappa shape index (κ3) is 3.39. The van der Waals surface area contributed by atoms with Crippen molar-refractivity contribution in [2.24, 2.45) is 0 Å². The third-order valence-corrected chi connectivity index (χ3v) is 4.16. The first-order valence-electron chi connectivity index (χ1n) is 6.28. The number of rotatable bonds is 5. The Labute approximate surface area is 121 Å². The number of Topliss-reactive ketones (excluding diaryl/α,β-unsaturated/α-hetero) is 1. The van der Waals surface area contributed by atoms with Crippen molar-refractivity contribution in [1.29, 1.82) is 0 Å². The molecule has 0 bridgehead atoms. The lowest BCUT2D eigenvalue weighted by molar-refractivity contribution is -0.147. The number of benzene rings is 1. The Morgan fingerprint density at radius 2 is 1.90 bits per heavy atom. The molecule has 0 saturated carbocycles. The highest BCUT2D eigenvalue weighted by molar-refractivity contribution is 7.99. The Bertz CT molecular complexity index is 517. The summed E-state index contributed by atoms with van der Waals surface area (Å²) in [4.78, 5) is 36.2. The molecule has 5 nitrogen and oxygen atoms in total. The van der Waals surface area contributed by atoms with Crippen LogP contribution in [0.2, 0.25) is 0 Å². The van der Waals surface area contributed by atoms with Gasteiger partial charge in [-0.25, -0.2) is 4.79 Å². The minimum Gasteiger partial charge on any atom is -0.480 e. The van der Waals surface area contributed by atoms with Crippen LogP contribution in [0.4, 0.5) is 0 Å². The minimum atomic E-state index is -0.988. The van der Waals surface area contributed by atoms with Gasteiger partial charge in [0.05, 0.1) is 5.88 Å². The van der Waals surface area contributed by atoms with Crippen molar-refractivity contribution in [3.05, 3.63) is 35.9 Å². The number of carbonyl (C=O) groups excluding carboxylic acids is 2. The Morgan fingerprint density at radius 3 is 2.55 bits per heavy atom. The number of nitrogens with zero attached hydrogens (tertiary/aromatic N) is 1. The van der Waals surface area contributed by atoms with Gasteiger partial charge in [-0.05, 0) is 0 Å². The summed E-state index contributed by atoms with van der Waals surface area (Å²) in [7, 11) is 0. The maximum Gasteiger partial charge on any atom is 0.327 e. The van der Waals surface area contributed by atoms with Gasteiger partial charge in [-0.1, -0.05) is 30.3 Å². The molecule has 1 saturated heterocycles. The van der Waals surface area contributed by atoms with Crippen LogP contribution in [-0.2, 0) is 9.59 Å². The van der Waals surface area contributed by atoms with Crippen LogP contribution in [0.1, 0.15) is 23.2 Å². The van der Waals surface area contributed by atoms with Crippen molar-refractivity contribution in [3.63, 3.8) is 0 Å². The van der Waals surface area contributed by atoms with Crippen LogP contribution in [0, 0.1) is 0 Å². The molecule has 0 unspecified atom stereocenters. The molecule has 6 heteroatoms. The molecule has 1 aromatic carbocycles. The minimum absolute atomic E-state index is 0.0536. The van der Waals surface area contributed by atoms with E-state index in [4.69, 9.17) is 5.11 Å². The maximum absolute atomic E-state index is 12.0. The number of thioether (sulfide) groups is 1. The summed E-state index contributed by atoms with van der Waals surface area (Å²) in [5.41, 5.74) is 0.575. The van der Waals surface area contributed by atoms with Crippen molar-refractivity contribution < 1.29 is 19.5 Å². The summed E-state index contributed by atoms with van der Waals surface area (Å²) in [5.74, 6) is -0.564. The van der Waals surface area contributed by atoms with E-state index < -0.39 is 12.0 Å². The molecule has 0 aromatic heterocycles. The molecule has 1 heterocycles. The first kappa shape index (κ1) is 14.6. The zero-order valence-electron chi connectivity index (χ0n) is 10.8. The first-order valence-corrected chi connectivity index (χ1v) is 7.43. The second-order valence-corrected chi connectivity index (χ2v) is 5.51. The second kappa shape index (κ2) is 6.56. The molecule has 2 rings (SSSR count). The monoisotopic (exact) mass is 293 g/mol. The summed E-state index contributed by atoms with van der Waals surface area (Å²) in [6.45, 7) is 0. The quantitative estimate of drug-likeness (QED) is 0.835. The Morgan fingerprint density at radius 1 is 1.20 bits per heavy atom. The van der Waals surface area contributed by atoms with Crippen LogP contribution in [-0.4, -0.2) is 45.3 Å². The van der Waals surface area contributed by atoms with E-state index in [-0.39, 0.29) is 24.5 Å². The van der Waals surface area contributed by atoms with Crippen molar-refractivity contribution in [2.75, 3.05) is 11.6 Å². The number of carboxylic acid groups (broad SMARTS) is 1. The van der Waals surface area contributed by atoms with Gasteiger partial charge in [0.1, 0.15) is 6.04 Å². The van der Waals surface area contributed by atoms with Gasteiger partial charge >= 0.3 is 5.97 Å². The molecule has 1 amide bonds. The number of hydrogen-bond donors (Lipinski definition) is 1. The van der Waals surface area contributed by atoms with Gasteiger partial charge in [0.15, 0.2) is 5.78 Å². The van der Waals surface area contributed by atoms with Crippen molar-refractivity contribution in [3.8, 4) is 0 Å². The van der Waals surface area contributed by atoms with Crippen LogP contribution >= 0.6 is 11.8 Å². The number of aliphatic carboxylic acids is 1. The Balaban J connectivity index is 1.89. The highest BCUT2D eigenvalue weighted by Crippen LogP contribution is 2.22. The lowest BCUT2D eigenvalue weighted by atomic mass is 10.1. The third-order valence-electron chi connectivity index (χ3n) is 3.15. The number of carbonyl (C=O) groups is 3. The fraction of sp³-hybridized carbons (Fsp3) is 0.357. The maximum atomic E-state index is 12.0. The average molecular weight is 293 g/mol. The van der Waals surface area contributed by atoms with Gasteiger partial charge in [-0.3, -0.25) is 9.59 Å². The molecule has 20 heavy (non-hydrogen) atoms. The lowest BCUT2D eigenvalue weighted by Gasteiger charge is -2.20. The van der Waals surface area contributed by atoms with Crippen molar-refractivity contribution in [2.45, 2.75) is 18.9 Å². The molecule has 1 aliphatic heterocycles. The molecule has 1 atom stereocenters. The van der Waals surface area contributed by atoms with E-state index in [2.05, 4.69) is 0 Å². The van der Waals surface area contributed by atoms with Gasteiger partial charge in [-0.2, -0.15) is 0 Å². The van der Waals surface area contributed by atoms with E-state index in [0.717, 1.165) is 0 Å². The zero-order chi connectivity index (χ0) is 14.5. The Hall–Kier alpha value is -1.82. The first-order chi connectivity index (χ1) is 9.59. The summed E-state index contributed by atoms with van der Waals surface area (Å²) in [5, 5.41) is 9.01. The standard InChI is InChI=1S/C14H15NO4S/c16-12(10-4-2-1-3-5-10)6-7-13(17)15-9-20-8-11(15)14(18)19/h1-5,11H,6-9H2,(H,18,19)/t11-/m0/s1. The number of ketones is 1. The highest BCUT2D eigenvalue weighted by atomic mass is 32.2. The predicted octanol–water partition coefficient (Wildman–Crippen LogP) is 1.64. The van der Waals surface area contributed by atoms with Crippen molar-refractivity contribution in [1.82, 2.24) is 4.90 Å². The molecule has 106 valence electrons. The smallest absolute Gasteiger partial charge is 0.327 e. The van der Waals surface area contributed by atoms with Gasteiger partial charge in [0, 0.05) is 24.2 Å². The molecule has 0 aliphatic carbocycles. The normalized spacial score (nSPS) is 18.0. The topological polar surface area (TPSA) is 74.7 Å². The van der Waals surface area contributed by atoms with Crippen LogP contribution in [0.3, 0.4) is 0 Å².